The van der Waals surface area contributed by atoms with Crippen LogP contribution >= 0.6 is 11.6 Å². The molecule has 0 atom stereocenters. The molecule has 0 heterocycles. The standard InChI is InChI=1S/C17H15ClN2O3/c18-15-5-1-3-14(11-15)9-10-19-17(21)8-7-13-4-2-6-16(12-13)20(22)23/h1-8,11-12H,9-10H2,(H,19,21)/b8-7+. The van der Waals surface area contributed by atoms with E-state index in [1.165, 1.54) is 18.2 Å². The molecule has 0 aliphatic carbocycles. The quantitative estimate of drug-likeness (QED) is 0.499. The van der Waals surface area contributed by atoms with Crippen LogP contribution in [0.15, 0.2) is 54.6 Å². The first-order valence-corrected chi connectivity index (χ1v) is 7.37. The van der Waals surface area contributed by atoms with Crippen LogP contribution in [-0.2, 0) is 11.2 Å². The van der Waals surface area contributed by atoms with Crippen molar-refractivity contribution in [3.8, 4) is 0 Å². The van der Waals surface area contributed by atoms with Gasteiger partial charge in [0.2, 0.25) is 5.91 Å². The number of hydrogen-bond acceptors (Lipinski definition) is 3. The Morgan fingerprint density at radius 1 is 1.22 bits per heavy atom. The third kappa shape index (κ3) is 5.56. The molecule has 23 heavy (non-hydrogen) atoms. The molecule has 0 fully saturated rings. The molecule has 6 heteroatoms. The molecule has 0 aliphatic rings. The summed E-state index contributed by atoms with van der Waals surface area (Å²) < 4.78 is 0. The lowest BCUT2D eigenvalue weighted by molar-refractivity contribution is -0.384. The van der Waals surface area contributed by atoms with Gasteiger partial charge in [0.05, 0.1) is 4.92 Å². The van der Waals surface area contributed by atoms with Crippen LogP contribution in [-0.4, -0.2) is 17.4 Å². The first-order valence-electron chi connectivity index (χ1n) is 6.99. The summed E-state index contributed by atoms with van der Waals surface area (Å²) in [4.78, 5) is 21.9. The van der Waals surface area contributed by atoms with Crippen LogP contribution in [0.3, 0.4) is 0 Å². The summed E-state index contributed by atoms with van der Waals surface area (Å²) in [5.74, 6) is -0.251. The fourth-order valence-electron chi connectivity index (χ4n) is 2.00. The van der Waals surface area contributed by atoms with Crippen molar-refractivity contribution in [2.75, 3.05) is 6.54 Å². The number of nitro benzene ring substituents is 1. The molecule has 2 rings (SSSR count). The third-order valence-corrected chi connectivity index (χ3v) is 3.35. The fraction of sp³-hybridized carbons (Fsp3) is 0.118. The summed E-state index contributed by atoms with van der Waals surface area (Å²) >= 11 is 5.89. The zero-order chi connectivity index (χ0) is 16.7. The maximum atomic E-state index is 11.7. The van der Waals surface area contributed by atoms with E-state index in [1.54, 1.807) is 24.3 Å². The number of halogens is 1. The summed E-state index contributed by atoms with van der Waals surface area (Å²) in [6, 6.07) is 13.5. The van der Waals surface area contributed by atoms with Crippen molar-refractivity contribution < 1.29 is 9.72 Å². The summed E-state index contributed by atoms with van der Waals surface area (Å²) in [6.07, 6.45) is 3.58. The van der Waals surface area contributed by atoms with Crippen LogP contribution in [0.2, 0.25) is 5.02 Å². The van der Waals surface area contributed by atoms with Crippen molar-refractivity contribution in [2.45, 2.75) is 6.42 Å². The van der Waals surface area contributed by atoms with Gasteiger partial charge in [-0.2, -0.15) is 0 Å². The van der Waals surface area contributed by atoms with Crippen molar-refractivity contribution in [2.24, 2.45) is 0 Å². The second-order valence-corrected chi connectivity index (χ2v) is 5.29. The zero-order valence-electron chi connectivity index (χ0n) is 12.2. The average molecular weight is 331 g/mol. The van der Waals surface area contributed by atoms with Crippen LogP contribution in [0, 0.1) is 10.1 Å². The van der Waals surface area contributed by atoms with Gasteiger partial charge < -0.3 is 5.32 Å². The summed E-state index contributed by atoms with van der Waals surface area (Å²) in [7, 11) is 0. The van der Waals surface area contributed by atoms with Crippen LogP contribution in [0.1, 0.15) is 11.1 Å². The molecule has 0 aliphatic heterocycles. The molecule has 1 N–H and O–H groups in total. The number of nitrogens with one attached hydrogen (secondary N) is 1. The lowest BCUT2D eigenvalue weighted by Gasteiger charge is -2.03. The minimum atomic E-state index is -0.470. The van der Waals surface area contributed by atoms with E-state index in [0.29, 0.717) is 23.6 Å². The van der Waals surface area contributed by atoms with E-state index in [4.69, 9.17) is 11.6 Å². The van der Waals surface area contributed by atoms with Gasteiger partial charge in [-0.1, -0.05) is 35.9 Å². The Bertz CT molecular complexity index is 744. The molecule has 0 spiro atoms. The van der Waals surface area contributed by atoms with Crippen molar-refractivity contribution in [1.29, 1.82) is 0 Å². The number of carbonyl (C=O) groups excluding carboxylic acids is 1. The van der Waals surface area contributed by atoms with Gasteiger partial charge >= 0.3 is 0 Å². The molecular weight excluding hydrogens is 316 g/mol. The number of amides is 1. The topological polar surface area (TPSA) is 72.2 Å². The minimum Gasteiger partial charge on any atom is -0.352 e. The van der Waals surface area contributed by atoms with Crippen LogP contribution in [0.25, 0.3) is 6.08 Å². The van der Waals surface area contributed by atoms with Crippen molar-refractivity contribution in [3.63, 3.8) is 0 Å². The second-order valence-electron chi connectivity index (χ2n) is 4.86. The molecule has 0 radical (unpaired) electrons. The third-order valence-electron chi connectivity index (χ3n) is 3.11. The van der Waals surface area contributed by atoms with Crippen molar-refractivity contribution in [1.82, 2.24) is 5.32 Å². The molecule has 118 valence electrons. The smallest absolute Gasteiger partial charge is 0.270 e. The lowest BCUT2D eigenvalue weighted by Crippen LogP contribution is -2.23. The van der Waals surface area contributed by atoms with Gasteiger partial charge in [-0.05, 0) is 35.8 Å². The van der Waals surface area contributed by atoms with E-state index < -0.39 is 4.92 Å². The Kier molecular flexibility index (Phi) is 5.88. The normalized spacial score (nSPS) is 10.7. The number of nitro groups is 1. The highest BCUT2D eigenvalue weighted by atomic mass is 35.5. The summed E-state index contributed by atoms with van der Waals surface area (Å²) in [5.41, 5.74) is 1.64. The van der Waals surface area contributed by atoms with Crippen molar-refractivity contribution >= 4 is 29.3 Å². The molecule has 0 saturated heterocycles. The maximum absolute atomic E-state index is 11.7. The molecule has 0 bridgehead atoms. The van der Waals surface area contributed by atoms with Crippen LogP contribution in [0.4, 0.5) is 5.69 Å². The number of rotatable bonds is 6. The van der Waals surface area contributed by atoms with Crippen molar-refractivity contribution in [3.05, 3.63) is 80.9 Å². The fourth-order valence-corrected chi connectivity index (χ4v) is 2.21. The molecule has 1 amide bonds. The van der Waals surface area contributed by atoms with Gasteiger partial charge in [0, 0.05) is 29.8 Å². The molecule has 2 aromatic rings. The molecule has 0 saturated carbocycles. The number of hydrogen-bond donors (Lipinski definition) is 1. The van der Waals surface area contributed by atoms with E-state index in [9.17, 15) is 14.9 Å². The number of benzene rings is 2. The van der Waals surface area contributed by atoms with Crippen LogP contribution < -0.4 is 5.32 Å². The SMILES string of the molecule is O=C(/C=C/c1cccc([N+](=O)[O-])c1)NCCc1cccc(Cl)c1. The zero-order valence-corrected chi connectivity index (χ0v) is 13.0. The molecular formula is C17H15ClN2O3. The molecule has 0 unspecified atom stereocenters. The van der Waals surface area contributed by atoms with E-state index in [2.05, 4.69) is 5.32 Å². The first kappa shape index (κ1) is 16.7. The van der Waals surface area contributed by atoms with Gasteiger partial charge in [0.15, 0.2) is 0 Å². The lowest BCUT2D eigenvalue weighted by atomic mass is 10.1. The summed E-state index contributed by atoms with van der Waals surface area (Å²) in [5, 5.41) is 14.1. The highest BCUT2D eigenvalue weighted by Crippen LogP contribution is 2.14. The van der Waals surface area contributed by atoms with Gasteiger partial charge in [0.25, 0.3) is 5.69 Å². The first-order chi connectivity index (χ1) is 11.0. The van der Waals surface area contributed by atoms with Gasteiger partial charge in [-0.3, -0.25) is 14.9 Å². The monoisotopic (exact) mass is 330 g/mol. The Labute approximate surface area is 138 Å². The van der Waals surface area contributed by atoms with E-state index in [1.807, 2.05) is 18.2 Å². The number of non-ortho nitro benzene ring substituents is 1. The van der Waals surface area contributed by atoms with Gasteiger partial charge in [-0.15, -0.1) is 0 Å². The molecule has 5 nitrogen and oxygen atoms in total. The number of nitrogens with zero attached hydrogens (tertiary/aromatic N) is 1. The predicted molar refractivity (Wildman–Crippen MR) is 90.3 cm³/mol. The Morgan fingerprint density at radius 2 is 2.00 bits per heavy atom. The molecule has 0 aromatic heterocycles. The number of carbonyl (C=O) groups is 1. The Hall–Kier alpha value is -2.66. The highest BCUT2D eigenvalue weighted by molar-refractivity contribution is 6.30. The van der Waals surface area contributed by atoms with Crippen LogP contribution in [0.5, 0.6) is 0 Å². The molecule has 2 aromatic carbocycles. The van der Waals surface area contributed by atoms with E-state index in [0.717, 1.165) is 5.56 Å². The van der Waals surface area contributed by atoms with Gasteiger partial charge in [-0.25, -0.2) is 0 Å². The minimum absolute atomic E-state index is 0.00601. The Balaban J connectivity index is 1.84. The largest absolute Gasteiger partial charge is 0.352 e. The van der Waals surface area contributed by atoms with E-state index in [-0.39, 0.29) is 11.6 Å². The highest BCUT2D eigenvalue weighted by Gasteiger charge is 2.04. The summed E-state index contributed by atoms with van der Waals surface area (Å²) in [6.45, 7) is 0.485. The Morgan fingerprint density at radius 3 is 2.74 bits per heavy atom. The van der Waals surface area contributed by atoms with Gasteiger partial charge in [0.1, 0.15) is 0 Å². The predicted octanol–water partition coefficient (Wildman–Crippen LogP) is 3.62. The average Bonchev–Trinajstić information content (AvgIpc) is 2.53. The second kappa shape index (κ2) is 8.10. The van der Waals surface area contributed by atoms with E-state index >= 15 is 0 Å². The maximum Gasteiger partial charge on any atom is 0.270 e.